The molecule has 0 unspecified atom stereocenters. The first-order chi connectivity index (χ1) is 13.9. The summed E-state index contributed by atoms with van der Waals surface area (Å²) >= 11 is 0. The number of benzene rings is 3. The first kappa shape index (κ1) is 19.8. The van der Waals surface area contributed by atoms with Crippen LogP contribution in [0.15, 0.2) is 72.8 Å². The maximum Gasteiger partial charge on any atom is 0.271 e. The number of nitrogens with one attached hydrogen (secondary N) is 3. The first-order valence-corrected chi connectivity index (χ1v) is 8.77. The Balaban J connectivity index is 1.69. The van der Waals surface area contributed by atoms with E-state index in [0.717, 1.165) is 17.7 Å². The molecular weight excluding hydrogens is 373 g/mol. The van der Waals surface area contributed by atoms with Gasteiger partial charge in [0.15, 0.2) is 0 Å². The number of halogens is 1. The van der Waals surface area contributed by atoms with Crippen molar-refractivity contribution in [3.63, 3.8) is 0 Å². The maximum absolute atomic E-state index is 12.9. The van der Waals surface area contributed by atoms with E-state index in [4.69, 9.17) is 0 Å². The Kier molecular flexibility index (Phi) is 5.99. The Bertz CT molecular complexity index is 1060. The van der Waals surface area contributed by atoms with Crippen LogP contribution in [0.3, 0.4) is 0 Å². The SMILES string of the molecule is Cc1cccc(C(=O)Nc2ccccc2C(=O)NNC(=O)c2ccc(F)cc2)c1. The Morgan fingerprint density at radius 2 is 1.41 bits per heavy atom. The molecule has 0 saturated heterocycles. The fourth-order valence-corrected chi connectivity index (χ4v) is 2.63. The van der Waals surface area contributed by atoms with Gasteiger partial charge in [0, 0.05) is 11.1 Å². The summed E-state index contributed by atoms with van der Waals surface area (Å²) in [7, 11) is 0. The molecule has 29 heavy (non-hydrogen) atoms. The van der Waals surface area contributed by atoms with Crippen molar-refractivity contribution < 1.29 is 18.8 Å². The van der Waals surface area contributed by atoms with Gasteiger partial charge in [-0.2, -0.15) is 0 Å². The van der Waals surface area contributed by atoms with Gasteiger partial charge in [-0.1, -0.05) is 29.8 Å². The van der Waals surface area contributed by atoms with Crippen molar-refractivity contribution in [2.45, 2.75) is 6.92 Å². The third-order valence-corrected chi connectivity index (χ3v) is 4.10. The van der Waals surface area contributed by atoms with Gasteiger partial charge in [-0.25, -0.2) is 4.39 Å². The summed E-state index contributed by atoms with van der Waals surface area (Å²) in [5, 5.41) is 2.71. The number of para-hydroxylation sites is 1. The number of hydrazine groups is 1. The highest BCUT2D eigenvalue weighted by atomic mass is 19.1. The normalized spacial score (nSPS) is 10.1. The number of rotatable bonds is 4. The molecule has 0 aliphatic carbocycles. The molecule has 3 aromatic rings. The predicted octanol–water partition coefficient (Wildman–Crippen LogP) is 3.46. The van der Waals surface area contributed by atoms with Gasteiger partial charge < -0.3 is 5.32 Å². The van der Waals surface area contributed by atoms with E-state index in [0.29, 0.717) is 11.3 Å². The average molecular weight is 391 g/mol. The highest BCUT2D eigenvalue weighted by molar-refractivity contribution is 6.09. The minimum absolute atomic E-state index is 0.174. The molecule has 3 amide bonds. The predicted molar refractivity (Wildman–Crippen MR) is 107 cm³/mol. The molecule has 0 bridgehead atoms. The molecule has 3 N–H and O–H groups in total. The van der Waals surface area contributed by atoms with Gasteiger partial charge in [0.2, 0.25) is 0 Å². The van der Waals surface area contributed by atoms with E-state index < -0.39 is 17.6 Å². The number of carbonyl (C=O) groups excluding carboxylic acids is 3. The van der Waals surface area contributed by atoms with E-state index in [2.05, 4.69) is 16.2 Å². The smallest absolute Gasteiger partial charge is 0.271 e. The molecule has 0 fully saturated rings. The highest BCUT2D eigenvalue weighted by Gasteiger charge is 2.15. The number of aryl methyl sites for hydroxylation is 1. The lowest BCUT2D eigenvalue weighted by Gasteiger charge is -2.12. The number of hydrogen-bond acceptors (Lipinski definition) is 3. The second-order valence-corrected chi connectivity index (χ2v) is 6.28. The van der Waals surface area contributed by atoms with Crippen LogP contribution in [0.25, 0.3) is 0 Å². The topological polar surface area (TPSA) is 87.3 Å². The number of carbonyl (C=O) groups is 3. The van der Waals surface area contributed by atoms with E-state index in [1.165, 1.54) is 18.2 Å². The molecule has 3 aromatic carbocycles. The van der Waals surface area contributed by atoms with Crippen molar-refractivity contribution in [1.82, 2.24) is 10.9 Å². The van der Waals surface area contributed by atoms with Crippen LogP contribution in [-0.4, -0.2) is 17.7 Å². The zero-order valence-corrected chi connectivity index (χ0v) is 15.5. The summed E-state index contributed by atoms with van der Waals surface area (Å²) in [6.45, 7) is 1.88. The quantitative estimate of drug-likeness (QED) is 0.595. The lowest BCUT2D eigenvalue weighted by molar-refractivity contribution is 0.0847. The summed E-state index contributed by atoms with van der Waals surface area (Å²) < 4.78 is 12.9. The van der Waals surface area contributed by atoms with Gasteiger partial charge in [0.1, 0.15) is 5.82 Å². The highest BCUT2D eigenvalue weighted by Crippen LogP contribution is 2.16. The minimum Gasteiger partial charge on any atom is -0.321 e. The molecule has 146 valence electrons. The van der Waals surface area contributed by atoms with E-state index >= 15 is 0 Å². The molecule has 0 atom stereocenters. The summed E-state index contributed by atoms with van der Waals surface area (Å²) in [5.74, 6) is -2.03. The standard InChI is InChI=1S/C22H18FN3O3/c1-14-5-4-6-16(13-14)20(27)24-19-8-3-2-7-18(19)22(29)26-25-21(28)15-9-11-17(23)12-10-15/h2-13H,1H3,(H,24,27)(H,25,28)(H,26,29). The zero-order chi connectivity index (χ0) is 20.8. The second kappa shape index (κ2) is 8.79. The lowest BCUT2D eigenvalue weighted by atomic mass is 10.1. The fraction of sp³-hybridized carbons (Fsp3) is 0.0455. The number of amides is 3. The molecule has 0 heterocycles. The van der Waals surface area contributed by atoms with Crippen LogP contribution in [0.1, 0.15) is 36.6 Å². The van der Waals surface area contributed by atoms with Gasteiger partial charge in [-0.05, 0) is 55.5 Å². The Morgan fingerprint density at radius 1 is 0.724 bits per heavy atom. The molecule has 0 spiro atoms. The van der Waals surface area contributed by atoms with E-state index in [9.17, 15) is 18.8 Å². The van der Waals surface area contributed by atoms with E-state index in [1.807, 2.05) is 13.0 Å². The fourth-order valence-electron chi connectivity index (χ4n) is 2.63. The minimum atomic E-state index is -0.611. The van der Waals surface area contributed by atoms with Crippen LogP contribution in [0.4, 0.5) is 10.1 Å². The largest absolute Gasteiger partial charge is 0.321 e. The van der Waals surface area contributed by atoms with Crippen LogP contribution >= 0.6 is 0 Å². The first-order valence-electron chi connectivity index (χ1n) is 8.77. The van der Waals surface area contributed by atoms with E-state index in [-0.39, 0.29) is 17.0 Å². The van der Waals surface area contributed by atoms with E-state index in [1.54, 1.807) is 36.4 Å². The second-order valence-electron chi connectivity index (χ2n) is 6.28. The molecule has 6 nitrogen and oxygen atoms in total. The van der Waals surface area contributed by atoms with Crippen molar-refractivity contribution in [2.75, 3.05) is 5.32 Å². The molecule has 0 saturated carbocycles. The maximum atomic E-state index is 12.9. The van der Waals surface area contributed by atoms with Crippen molar-refractivity contribution >= 4 is 23.4 Å². The Hall–Kier alpha value is -4.00. The van der Waals surface area contributed by atoms with Crippen molar-refractivity contribution in [1.29, 1.82) is 0 Å². The lowest BCUT2D eigenvalue weighted by Crippen LogP contribution is -2.41. The van der Waals surface area contributed by atoms with Crippen molar-refractivity contribution in [2.24, 2.45) is 0 Å². The van der Waals surface area contributed by atoms with Crippen LogP contribution < -0.4 is 16.2 Å². The van der Waals surface area contributed by atoms with Crippen LogP contribution in [-0.2, 0) is 0 Å². The molecule has 0 aliphatic rings. The van der Waals surface area contributed by atoms with Crippen molar-refractivity contribution in [3.05, 3.63) is 101 Å². The Labute approximate surface area is 166 Å². The van der Waals surface area contributed by atoms with Crippen molar-refractivity contribution in [3.8, 4) is 0 Å². The zero-order valence-electron chi connectivity index (χ0n) is 15.5. The third kappa shape index (κ3) is 5.04. The van der Waals surface area contributed by atoms with Crippen LogP contribution in [0.5, 0.6) is 0 Å². The summed E-state index contributed by atoms with van der Waals surface area (Å²) in [4.78, 5) is 37.0. The monoisotopic (exact) mass is 391 g/mol. The third-order valence-electron chi connectivity index (χ3n) is 4.10. The van der Waals surface area contributed by atoms with Gasteiger partial charge in [0.05, 0.1) is 11.3 Å². The van der Waals surface area contributed by atoms with Gasteiger partial charge in [0.25, 0.3) is 17.7 Å². The molecule has 0 aromatic heterocycles. The summed E-state index contributed by atoms with van der Waals surface area (Å²) in [6.07, 6.45) is 0. The van der Waals surface area contributed by atoms with Crippen LogP contribution in [0, 0.1) is 12.7 Å². The molecule has 7 heteroatoms. The number of anilines is 1. The van der Waals surface area contributed by atoms with Gasteiger partial charge in [-0.3, -0.25) is 25.2 Å². The average Bonchev–Trinajstić information content (AvgIpc) is 2.72. The summed E-state index contributed by atoms with van der Waals surface area (Å²) in [6, 6.07) is 18.4. The molecular formula is C22H18FN3O3. The van der Waals surface area contributed by atoms with Gasteiger partial charge >= 0.3 is 0 Å². The van der Waals surface area contributed by atoms with Crippen LogP contribution in [0.2, 0.25) is 0 Å². The number of hydrogen-bond donors (Lipinski definition) is 3. The molecule has 0 radical (unpaired) electrons. The molecule has 3 rings (SSSR count). The Morgan fingerprint density at radius 3 is 2.14 bits per heavy atom. The molecule has 0 aliphatic heterocycles. The summed E-state index contributed by atoms with van der Waals surface area (Å²) in [5.41, 5.74) is 6.61. The van der Waals surface area contributed by atoms with Gasteiger partial charge in [-0.15, -0.1) is 0 Å².